The van der Waals surface area contributed by atoms with Gasteiger partial charge in [-0.25, -0.2) is 9.13 Å². The summed E-state index contributed by atoms with van der Waals surface area (Å²) in [6.07, 6.45) is 77.2. The van der Waals surface area contributed by atoms with Crippen LogP contribution in [0.1, 0.15) is 374 Å². The summed E-state index contributed by atoms with van der Waals surface area (Å²) >= 11 is 0. The smallest absolute Gasteiger partial charge is 0.462 e. The maximum Gasteiger partial charge on any atom is 0.472 e. The summed E-state index contributed by atoms with van der Waals surface area (Å²) in [5.41, 5.74) is 0. The molecule has 0 radical (unpaired) electrons. The van der Waals surface area contributed by atoms with Crippen LogP contribution < -0.4 is 0 Å². The molecule has 0 bridgehead atoms. The molecule has 3 N–H and O–H groups in total. The first-order chi connectivity index (χ1) is 49.7. The molecule has 19 heteroatoms. The van der Waals surface area contributed by atoms with Gasteiger partial charge in [0, 0.05) is 25.7 Å². The van der Waals surface area contributed by atoms with E-state index in [0.717, 1.165) is 161 Å². The van der Waals surface area contributed by atoms with E-state index in [9.17, 15) is 43.2 Å². The Morgan fingerprint density at radius 1 is 0.284 bits per heavy atom. The van der Waals surface area contributed by atoms with E-state index >= 15 is 0 Å². The monoisotopic (exact) mass is 1480 g/mol. The molecular formula is C83H150O17P2. The van der Waals surface area contributed by atoms with E-state index in [-0.39, 0.29) is 25.7 Å². The van der Waals surface area contributed by atoms with Crippen molar-refractivity contribution in [2.45, 2.75) is 393 Å². The van der Waals surface area contributed by atoms with E-state index in [4.69, 9.17) is 37.0 Å². The highest BCUT2D eigenvalue weighted by atomic mass is 31.2. The molecule has 0 fully saturated rings. The molecule has 0 heterocycles. The summed E-state index contributed by atoms with van der Waals surface area (Å²) in [5, 5.41) is 10.6. The van der Waals surface area contributed by atoms with E-state index in [1.807, 2.05) is 0 Å². The third-order valence-electron chi connectivity index (χ3n) is 17.7. The minimum atomic E-state index is -4.97. The van der Waals surface area contributed by atoms with Crippen molar-refractivity contribution in [1.82, 2.24) is 0 Å². The van der Waals surface area contributed by atoms with Crippen molar-refractivity contribution in [3.05, 3.63) is 72.9 Å². The molecule has 0 aliphatic carbocycles. The van der Waals surface area contributed by atoms with Crippen LogP contribution in [-0.2, 0) is 65.4 Å². The minimum absolute atomic E-state index is 0.0970. The minimum Gasteiger partial charge on any atom is -0.462 e. The fourth-order valence-corrected chi connectivity index (χ4v) is 13.0. The maximum absolute atomic E-state index is 13.1. The van der Waals surface area contributed by atoms with Crippen LogP contribution in [0.5, 0.6) is 0 Å². The van der Waals surface area contributed by atoms with Crippen molar-refractivity contribution in [3.63, 3.8) is 0 Å². The number of phosphoric acid groups is 2. The van der Waals surface area contributed by atoms with E-state index in [1.54, 1.807) is 0 Å². The summed E-state index contributed by atoms with van der Waals surface area (Å²) in [7, 11) is -9.95. The number of esters is 4. The standard InChI is InChI=1S/C83H150O17P2/c1-5-9-13-17-21-25-29-33-36-37-38-39-42-45-48-52-56-60-64-68-81(86)94-73-78(99-82(87)69-65-61-57-53-49-43-32-28-24-20-16-12-8-4)75-97-101(89,90)95-71-77(84)72-96-102(91,92)98-76-79(100-83(88)70-66-62-58-54-50-46-41-35-31-27-23-19-15-11-7-3)74-93-80(85)67-63-59-55-51-47-44-40-34-30-26-22-18-14-10-6-2/h10,14,21-22,25-26,33-34,36,38-40,77-79,84H,5-9,11-13,15-20,23-24,27-32,35,37,41-76H2,1-4H3,(H,89,90)(H,91,92)/b14-10-,25-21-,26-22-,36-33-,39-38-,40-34-. The van der Waals surface area contributed by atoms with E-state index in [2.05, 4.69) is 101 Å². The molecule has 0 aromatic heterocycles. The quantitative estimate of drug-likeness (QED) is 0.0169. The molecule has 0 aliphatic heterocycles. The van der Waals surface area contributed by atoms with E-state index < -0.39 is 97.5 Å². The van der Waals surface area contributed by atoms with E-state index in [1.165, 1.54) is 135 Å². The van der Waals surface area contributed by atoms with Gasteiger partial charge in [-0.05, 0) is 96.3 Å². The fourth-order valence-electron chi connectivity index (χ4n) is 11.4. The highest BCUT2D eigenvalue weighted by molar-refractivity contribution is 7.47. The zero-order chi connectivity index (χ0) is 74.6. The number of hydrogen-bond donors (Lipinski definition) is 3. The second-order valence-corrected chi connectivity index (χ2v) is 30.6. The van der Waals surface area contributed by atoms with Crippen LogP contribution in [0.4, 0.5) is 0 Å². The van der Waals surface area contributed by atoms with Crippen LogP contribution in [0.15, 0.2) is 72.9 Å². The van der Waals surface area contributed by atoms with Gasteiger partial charge in [0.1, 0.15) is 19.3 Å². The summed E-state index contributed by atoms with van der Waals surface area (Å²) in [6.45, 7) is 4.78. The van der Waals surface area contributed by atoms with Crippen LogP contribution in [0.2, 0.25) is 0 Å². The summed E-state index contributed by atoms with van der Waals surface area (Å²) in [4.78, 5) is 73.1. The van der Waals surface area contributed by atoms with Gasteiger partial charge in [0.25, 0.3) is 0 Å². The van der Waals surface area contributed by atoms with Gasteiger partial charge in [0.15, 0.2) is 12.2 Å². The number of hydrogen-bond acceptors (Lipinski definition) is 15. The van der Waals surface area contributed by atoms with Gasteiger partial charge in [-0.15, -0.1) is 0 Å². The van der Waals surface area contributed by atoms with Crippen molar-refractivity contribution in [2.75, 3.05) is 39.6 Å². The Bertz CT molecular complexity index is 2210. The van der Waals surface area contributed by atoms with Crippen LogP contribution in [0.3, 0.4) is 0 Å². The molecule has 0 aliphatic rings. The van der Waals surface area contributed by atoms with Gasteiger partial charge in [0.05, 0.1) is 26.4 Å². The first kappa shape index (κ1) is 98.5. The van der Waals surface area contributed by atoms with Gasteiger partial charge in [-0.2, -0.15) is 0 Å². The van der Waals surface area contributed by atoms with E-state index in [0.29, 0.717) is 25.7 Å². The number of allylic oxidation sites excluding steroid dienone is 12. The van der Waals surface area contributed by atoms with Crippen molar-refractivity contribution in [2.24, 2.45) is 0 Å². The molecule has 0 rings (SSSR count). The molecule has 594 valence electrons. The second kappa shape index (κ2) is 75.7. The summed E-state index contributed by atoms with van der Waals surface area (Å²) < 4.78 is 68.7. The van der Waals surface area contributed by atoms with Crippen LogP contribution >= 0.6 is 15.6 Å². The average molecular weight is 1480 g/mol. The third kappa shape index (κ3) is 74.8. The van der Waals surface area contributed by atoms with Crippen molar-refractivity contribution < 1.29 is 80.2 Å². The molecule has 0 aromatic rings. The molecular weight excluding hydrogens is 1330 g/mol. The normalized spacial score (nSPS) is 14.2. The molecule has 5 unspecified atom stereocenters. The Morgan fingerprint density at radius 2 is 0.510 bits per heavy atom. The Hall–Kier alpha value is -3.50. The van der Waals surface area contributed by atoms with Crippen LogP contribution in [0.25, 0.3) is 0 Å². The van der Waals surface area contributed by atoms with Crippen molar-refractivity contribution >= 4 is 39.5 Å². The molecule has 17 nitrogen and oxygen atoms in total. The Kier molecular flexibility index (Phi) is 73.1. The molecule has 0 aromatic carbocycles. The first-order valence-electron chi connectivity index (χ1n) is 41.2. The number of phosphoric ester groups is 2. The summed E-state index contributed by atoms with van der Waals surface area (Å²) in [6, 6.07) is 0. The van der Waals surface area contributed by atoms with Gasteiger partial charge in [-0.3, -0.25) is 37.3 Å². The number of unbranched alkanes of at least 4 members (excludes halogenated alkanes) is 40. The number of rotatable bonds is 78. The Morgan fingerprint density at radius 3 is 0.804 bits per heavy atom. The number of carbonyl (C=O) groups excluding carboxylic acids is 4. The molecule has 0 amide bonds. The highest BCUT2D eigenvalue weighted by Crippen LogP contribution is 2.45. The lowest BCUT2D eigenvalue weighted by atomic mass is 10.0. The Balaban J connectivity index is 5.32. The maximum atomic E-state index is 13.1. The van der Waals surface area contributed by atoms with Crippen molar-refractivity contribution in [1.29, 1.82) is 0 Å². The third-order valence-corrected chi connectivity index (χ3v) is 19.6. The largest absolute Gasteiger partial charge is 0.472 e. The van der Waals surface area contributed by atoms with Crippen LogP contribution in [0, 0.1) is 0 Å². The molecule has 5 atom stereocenters. The number of aliphatic hydroxyl groups excluding tert-OH is 1. The van der Waals surface area contributed by atoms with Crippen molar-refractivity contribution in [3.8, 4) is 0 Å². The van der Waals surface area contributed by atoms with Gasteiger partial charge in [0.2, 0.25) is 0 Å². The molecule has 0 spiro atoms. The molecule has 102 heavy (non-hydrogen) atoms. The molecule has 0 saturated carbocycles. The van der Waals surface area contributed by atoms with Gasteiger partial charge < -0.3 is 33.8 Å². The highest BCUT2D eigenvalue weighted by Gasteiger charge is 2.30. The average Bonchev–Trinajstić information content (AvgIpc) is 0.919. The number of aliphatic hydroxyl groups is 1. The zero-order valence-electron chi connectivity index (χ0n) is 65.0. The lowest BCUT2D eigenvalue weighted by Gasteiger charge is -2.21. The SMILES string of the molecule is CC/C=C\C/C=C\C/C=C\CCCCCCCC(=O)OCC(COP(=O)(O)OCC(O)COP(=O)(O)OCC(COC(=O)CCCCCCCC/C=C\C/C=C\C/C=C\CCCCC)OC(=O)CCCCCCCCCCCCCCC)OC(=O)CCCCCCCCCCCCCCCCC. The van der Waals surface area contributed by atoms with Gasteiger partial charge >= 0.3 is 39.5 Å². The number of carbonyl (C=O) groups is 4. The zero-order valence-corrected chi connectivity index (χ0v) is 66.8. The first-order valence-corrected chi connectivity index (χ1v) is 44.2. The summed E-state index contributed by atoms with van der Waals surface area (Å²) in [5.74, 6) is -2.17. The second-order valence-electron chi connectivity index (χ2n) is 27.7. The molecule has 0 saturated heterocycles. The topological polar surface area (TPSA) is 237 Å². The predicted octanol–water partition coefficient (Wildman–Crippen LogP) is 24.0. The predicted molar refractivity (Wildman–Crippen MR) is 418 cm³/mol. The fraction of sp³-hybridized carbons (Fsp3) is 0.807. The number of ether oxygens (including phenoxy) is 4. The lowest BCUT2D eigenvalue weighted by Crippen LogP contribution is -2.30. The van der Waals surface area contributed by atoms with Gasteiger partial charge in [-0.1, -0.05) is 325 Å². The van der Waals surface area contributed by atoms with Crippen LogP contribution in [-0.4, -0.2) is 96.7 Å². The lowest BCUT2D eigenvalue weighted by molar-refractivity contribution is -0.161. The Labute approximate surface area is 622 Å².